The van der Waals surface area contributed by atoms with E-state index in [1.165, 1.54) is 6.92 Å². The van der Waals surface area contributed by atoms with Crippen molar-refractivity contribution in [3.63, 3.8) is 0 Å². The number of hydrogen-bond donors (Lipinski definition) is 2. The van der Waals surface area contributed by atoms with Gasteiger partial charge in [-0.25, -0.2) is 0 Å². The minimum absolute atomic E-state index is 0.00437. The summed E-state index contributed by atoms with van der Waals surface area (Å²) in [7, 11) is 0. The summed E-state index contributed by atoms with van der Waals surface area (Å²) in [5.74, 6) is 0.105. The van der Waals surface area contributed by atoms with Crippen molar-refractivity contribution >= 4 is 5.97 Å². The van der Waals surface area contributed by atoms with Gasteiger partial charge in [0.1, 0.15) is 11.9 Å². The van der Waals surface area contributed by atoms with Crippen LogP contribution in [0.5, 0.6) is 5.75 Å². The summed E-state index contributed by atoms with van der Waals surface area (Å²) in [6.07, 6.45) is 5.46. The van der Waals surface area contributed by atoms with Crippen LogP contribution in [-0.4, -0.2) is 59.1 Å². The van der Waals surface area contributed by atoms with Crippen molar-refractivity contribution in [1.29, 1.82) is 0 Å². The Kier molecular flexibility index (Phi) is 15.0. The van der Waals surface area contributed by atoms with Crippen molar-refractivity contribution in [3.05, 3.63) is 29.8 Å². The first kappa shape index (κ1) is 41.7. The number of aromatic hydroxyl groups is 1. The van der Waals surface area contributed by atoms with Crippen molar-refractivity contribution in [2.24, 2.45) is 28.1 Å². The first-order chi connectivity index (χ1) is 22.9. The predicted octanol–water partition coefficient (Wildman–Crippen LogP) is 9.50. The highest BCUT2D eigenvalue weighted by atomic mass is 16.7. The molecule has 0 bridgehead atoms. The molecule has 0 spiro atoms. The van der Waals surface area contributed by atoms with Crippen LogP contribution in [0.2, 0.25) is 0 Å². The lowest BCUT2D eigenvalue weighted by Crippen LogP contribution is -2.52. The van der Waals surface area contributed by atoms with Gasteiger partial charge in [0.2, 0.25) is 0 Å². The monoisotopic (exact) mass is 691 g/mol. The lowest BCUT2D eigenvalue weighted by Gasteiger charge is -2.53. The second-order valence-electron chi connectivity index (χ2n) is 16.9. The van der Waals surface area contributed by atoms with E-state index in [4.69, 9.17) is 23.7 Å². The summed E-state index contributed by atoms with van der Waals surface area (Å²) in [6, 6.07) is 7.29. The summed E-state index contributed by atoms with van der Waals surface area (Å²) in [5.41, 5.74) is 0.0504. The maximum atomic E-state index is 11.5. The number of hydrogen-bond acceptors (Lipinski definition) is 8. The van der Waals surface area contributed by atoms with E-state index in [1.807, 2.05) is 32.0 Å². The summed E-state index contributed by atoms with van der Waals surface area (Å²) in [4.78, 5) is 11.5. The van der Waals surface area contributed by atoms with Gasteiger partial charge in [-0.1, -0.05) is 101 Å². The lowest BCUT2D eigenvalue weighted by atomic mass is 9.60. The molecule has 2 aliphatic rings. The fourth-order valence-corrected chi connectivity index (χ4v) is 7.62. The third-order valence-corrected chi connectivity index (χ3v) is 12.5. The number of carbonyl (C=O) groups is 1. The molecule has 2 aliphatic heterocycles. The Morgan fingerprint density at radius 3 is 2.16 bits per heavy atom. The second kappa shape index (κ2) is 17.7. The minimum Gasteiger partial charge on any atom is -0.507 e. The molecule has 1 aromatic rings. The zero-order valence-electron chi connectivity index (χ0n) is 32.8. The second-order valence-corrected chi connectivity index (χ2v) is 16.9. The van der Waals surface area contributed by atoms with Gasteiger partial charge >= 0.3 is 5.97 Å². The van der Waals surface area contributed by atoms with E-state index in [0.29, 0.717) is 18.4 Å². The average Bonchev–Trinajstić information content (AvgIpc) is 3.03. The highest BCUT2D eigenvalue weighted by molar-refractivity contribution is 5.66. The number of aliphatic hydroxyl groups is 1. The van der Waals surface area contributed by atoms with Gasteiger partial charge in [0.05, 0.1) is 30.5 Å². The Morgan fingerprint density at radius 2 is 1.57 bits per heavy atom. The first-order valence-corrected chi connectivity index (χ1v) is 19.1. The molecule has 8 nitrogen and oxygen atoms in total. The minimum atomic E-state index is -0.618. The Hall–Kier alpha value is -1.71. The molecule has 0 radical (unpaired) electrons. The third-order valence-electron chi connectivity index (χ3n) is 12.5. The molecular formula is C41H70O8. The van der Waals surface area contributed by atoms with Crippen LogP contribution < -0.4 is 0 Å². The number of ether oxygens (including phenoxy) is 5. The Morgan fingerprint density at radius 1 is 0.918 bits per heavy atom. The van der Waals surface area contributed by atoms with E-state index >= 15 is 0 Å². The molecule has 282 valence electrons. The number of phenols is 1. The van der Waals surface area contributed by atoms with Gasteiger partial charge in [0, 0.05) is 25.3 Å². The maximum Gasteiger partial charge on any atom is 0.302 e. The first-order valence-electron chi connectivity index (χ1n) is 19.1. The number of esters is 1. The van der Waals surface area contributed by atoms with Crippen molar-refractivity contribution < 1.29 is 38.7 Å². The van der Waals surface area contributed by atoms with Crippen molar-refractivity contribution in [2.45, 2.75) is 190 Å². The van der Waals surface area contributed by atoms with E-state index in [1.54, 1.807) is 6.07 Å². The van der Waals surface area contributed by atoms with Crippen LogP contribution in [-0.2, 0) is 28.5 Å². The third kappa shape index (κ3) is 10.7. The standard InChI is InChI=1S/C41H70O8/c1-13-18-37-46-31(24-35(48-37)40(9,10)27(5)22-34(44)26(4)21-29(14-2)45-28(6)42)25-39(7,8)41(11,12)36-23-30(15-3)47-38(49-36)32-19-16-17-20-33(32)43/h16-17,19-20,26-27,29-31,34-38,43-44H,13-15,18,21-25H2,1-12H3. The van der Waals surface area contributed by atoms with Crippen LogP contribution in [0.25, 0.3) is 0 Å². The molecule has 2 saturated heterocycles. The molecule has 8 heteroatoms. The topological polar surface area (TPSA) is 104 Å². The number of para-hydroxylation sites is 1. The zero-order chi connectivity index (χ0) is 36.7. The Bertz CT molecular complexity index is 1160. The van der Waals surface area contributed by atoms with Crippen LogP contribution in [0, 0.1) is 28.1 Å². The molecule has 49 heavy (non-hydrogen) atoms. The van der Waals surface area contributed by atoms with E-state index in [2.05, 4.69) is 62.3 Å². The normalized spacial score (nSPS) is 28.0. The van der Waals surface area contributed by atoms with E-state index < -0.39 is 12.4 Å². The molecule has 0 saturated carbocycles. The van der Waals surface area contributed by atoms with Crippen molar-refractivity contribution in [2.75, 3.05) is 0 Å². The largest absolute Gasteiger partial charge is 0.507 e. The predicted molar refractivity (Wildman–Crippen MR) is 194 cm³/mol. The molecule has 3 rings (SSSR count). The number of rotatable bonds is 17. The van der Waals surface area contributed by atoms with Gasteiger partial charge in [-0.3, -0.25) is 4.79 Å². The summed E-state index contributed by atoms with van der Waals surface area (Å²) < 4.78 is 31.9. The zero-order valence-corrected chi connectivity index (χ0v) is 32.8. The maximum absolute atomic E-state index is 11.5. The van der Waals surface area contributed by atoms with E-state index in [-0.39, 0.29) is 76.6 Å². The summed E-state index contributed by atoms with van der Waals surface area (Å²) in [5, 5.41) is 21.9. The molecule has 2 fully saturated rings. The van der Waals surface area contributed by atoms with E-state index in [9.17, 15) is 15.0 Å². The fraction of sp³-hybridized carbons (Fsp3) is 0.829. The highest BCUT2D eigenvalue weighted by Gasteiger charge is 2.50. The number of benzene rings is 1. The van der Waals surface area contributed by atoms with Crippen molar-refractivity contribution in [1.82, 2.24) is 0 Å². The molecule has 10 unspecified atom stereocenters. The van der Waals surface area contributed by atoms with Crippen LogP contribution in [0.3, 0.4) is 0 Å². The van der Waals surface area contributed by atoms with Crippen LogP contribution in [0.4, 0.5) is 0 Å². The molecule has 10 atom stereocenters. The van der Waals surface area contributed by atoms with Gasteiger partial charge in [-0.05, 0) is 72.7 Å². The molecule has 0 amide bonds. The highest BCUT2D eigenvalue weighted by Crippen LogP contribution is 2.52. The van der Waals surface area contributed by atoms with Crippen LogP contribution in [0.15, 0.2) is 24.3 Å². The number of aliphatic hydroxyl groups excluding tert-OH is 1. The fourth-order valence-electron chi connectivity index (χ4n) is 7.62. The van der Waals surface area contributed by atoms with Gasteiger partial charge in [-0.15, -0.1) is 0 Å². The number of phenolic OH excluding ortho intramolecular Hbond substituents is 1. The Balaban J connectivity index is 1.75. The quantitative estimate of drug-likeness (QED) is 0.156. The van der Waals surface area contributed by atoms with E-state index in [0.717, 1.165) is 44.9 Å². The lowest BCUT2D eigenvalue weighted by molar-refractivity contribution is -0.291. The van der Waals surface area contributed by atoms with Gasteiger partial charge in [-0.2, -0.15) is 0 Å². The van der Waals surface area contributed by atoms with Gasteiger partial charge < -0.3 is 33.9 Å². The van der Waals surface area contributed by atoms with Crippen molar-refractivity contribution in [3.8, 4) is 5.75 Å². The molecule has 0 aromatic heterocycles. The SMILES string of the molecule is CCCC1OC(CC(C)(C)C(C)(C)C2CC(CC)OC(c3ccccc3O)O2)CC(C(C)(C)C(C)CC(O)C(C)CC(CC)OC(C)=O)O1. The molecule has 2 heterocycles. The molecule has 2 N–H and O–H groups in total. The van der Waals surface area contributed by atoms with Crippen LogP contribution >= 0.6 is 0 Å². The molecular weight excluding hydrogens is 620 g/mol. The summed E-state index contributed by atoms with van der Waals surface area (Å²) in [6.45, 7) is 25.8. The van der Waals surface area contributed by atoms with Gasteiger partial charge in [0.15, 0.2) is 12.6 Å². The smallest absolute Gasteiger partial charge is 0.302 e. The average molecular weight is 691 g/mol. The molecule has 0 aliphatic carbocycles. The molecule has 1 aromatic carbocycles. The van der Waals surface area contributed by atoms with Gasteiger partial charge in [0.25, 0.3) is 0 Å². The summed E-state index contributed by atoms with van der Waals surface area (Å²) >= 11 is 0. The Labute approximate surface area is 298 Å². The van der Waals surface area contributed by atoms with Crippen LogP contribution in [0.1, 0.15) is 153 Å². The number of carbonyl (C=O) groups excluding carboxylic acids is 1.